The average Bonchev–Trinajstić information content (AvgIpc) is 2.89. The molecule has 0 bridgehead atoms. The van der Waals surface area contributed by atoms with Gasteiger partial charge in [0.2, 0.25) is 0 Å². The highest BCUT2D eigenvalue weighted by Gasteiger charge is 2.14. The maximum Gasteiger partial charge on any atom is 0.328 e. The zero-order chi connectivity index (χ0) is 25.2. The van der Waals surface area contributed by atoms with Crippen LogP contribution in [0.2, 0.25) is 0 Å². The van der Waals surface area contributed by atoms with Gasteiger partial charge in [-0.1, -0.05) is 42.5 Å². The lowest BCUT2D eigenvalue weighted by molar-refractivity contribution is -0.134. The van der Waals surface area contributed by atoms with Gasteiger partial charge in [-0.25, -0.2) is 9.59 Å². The van der Waals surface area contributed by atoms with E-state index < -0.39 is 11.9 Å². The monoisotopic (exact) mass is 465 g/mol. The van der Waals surface area contributed by atoms with Gasteiger partial charge >= 0.3 is 11.9 Å². The predicted molar refractivity (Wildman–Crippen MR) is 130 cm³/mol. The molecule has 2 heterocycles. The second-order valence-corrected chi connectivity index (χ2v) is 7.04. The zero-order valence-electron chi connectivity index (χ0n) is 18.3. The first-order chi connectivity index (χ1) is 16.9. The minimum atomic E-state index is -1.26. The third-order valence-electron chi connectivity index (χ3n) is 4.72. The first kappa shape index (κ1) is 24.4. The van der Waals surface area contributed by atoms with Crippen LogP contribution in [0.25, 0.3) is 28.1 Å². The van der Waals surface area contributed by atoms with Gasteiger partial charge in [-0.05, 0) is 36.4 Å². The van der Waals surface area contributed by atoms with Gasteiger partial charge < -0.3 is 10.2 Å². The van der Waals surface area contributed by atoms with Crippen LogP contribution in [0.3, 0.4) is 0 Å². The number of hydrogen-bond acceptors (Lipinski definition) is 5. The van der Waals surface area contributed by atoms with Crippen LogP contribution in [0.15, 0.2) is 108 Å². The van der Waals surface area contributed by atoms with Crippen molar-refractivity contribution in [2.75, 3.05) is 0 Å². The molecule has 0 aliphatic heterocycles. The molecule has 0 atom stereocenters. The topological polar surface area (TPSA) is 133 Å². The predicted octanol–water partition coefficient (Wildman–Crippen LogP) is 4.15. The molecule has 0 saturated carbocycles. The number of hydrogen-bond donors (Lipinski definition) is 2. The summed E-state index contributed by atoms with van der Waals surface area (Å²) in [7, 11) is 0. The van der Waals surface area contributed by atoms with E-state index in [4.69, 9.17) is 10.2 Å². The fraction of sp³-hybridized carbons (Fsp3) is 0. The van der Waals surface area contributed by atoms with Crippen LogP contribution in [0.5, 0.6) is 0 Å². The summed E-state index contributed by atoms with van der Waals surface area (Å²) in [6.07, 6.45) is 4.62. The molecule has 2 aromatic heterocycles. The van der Waals surface area contributed by atoms with Crippen molar-refractivity contribution in [1.29, 1.82) is 5.26 Å². The highest BCUT2D eigenvalue weighted by atomic mass is 16.4. The summed E-state index contributed by atoms with van der Waals surface area (Å²) < 4.78 is 1.60. The third-order valence-corrected chi connectivity index (χ3v) is 4.72. The van der Waals surface area contributed by atoms with Gasteiger partial charge in [0, 0.05) is 46.9 Å². The van der Waals surface area contributed by atoms with Crippen molar-refractivity contribution in [3.8, 4) is 34.1 Å². The van der Waals surface area contributed by atoms with E-state index in [0.29, 0.717) is 28.8 Å². The summed E-state index contributed by atoms with van der Waals surface area (Å²) in [5.41, 5.74) is 3.71. The fourth-order valence-corrected chi connectivity index (χ4v) is 3.19. The molecule has 0 amide bonds. The lowest BCUT2D eigenvalue weighted by Crippen LogP contribution is -2.20. The van der Waals surface area contributed by atoms with Crippen LogP contribution in [-0.4, -0.2) is 31.7 Å². The summed E-state index contributed by atoms with van der Waals surface area (Å²) in [5.74, 6) is -2.51. The number of benzene rings is 2. The van der Waals surface area contributed by atoms with Crippen LogP contribution < -0.4 is 5.56 Å². The second kappa shape index (κ2) is 11.5. The quantitative estimate of drug-likeness (QED) is 0.423. The Morgan fingerprint density at radius 3 is 2.09 bits per heavy atom. The number of carboxylic acid groups (broad SMARTS) is 2. The molecule has 8 nitrogen and oxygen atoms in total. The van der Waals surface area contributed by atoms with Gasteiger partial charge in [0.15, 0.2) is 0 Å². The number of carboxylic acids is 2. The van der Waals surface area contributed by atoms with Crippen molar-refractivity contribution in [3.05, 3.63) is 119 Å². The first-order valence-electron chi connectivity index (χ1n) is 10.3. The summed E-state index contributed by atoms with van der Waals surface area (Å²) in [6, 6.07) is 26.2. The Balaban J connectivity index is 0.000000371. The number of nitrogens with zero attached hydrogens (tertiary/aromatic N) is 3. The molecule has 0 fully saturated rings. The van der Waals surface area contributed by atoms with Gasteiger partial charge in [-0.3, -0.25) is 14.3 Å². The zero-order valence-corrected chi connectivity index (χ0v) is 18.3. The summed E-state index contributed by atoms with van der Waals surface area (Å²) in [5, 5.41) is 25.1. The average molecular weight is 465 g/mol. The van der Waals surface area contributed by atoms with Crippen molar-refractivity contribution in [2.24, 2.45) is 0 Å². The van der Waals surface area contributed by atoms with Crippen LogP contribution in [0, 0.1) is 11.3 Å². The van der Waals surface area contributed by atoms with E-state index in [1.807, 2.05) is 54.6 Å². The van der Waals surface area contributed by atoms with E-state index in [0.717, 1.165) is 16.9 Å². The molecule has 4 aromatic rings. The summed E-state index contributed by atoms with van der Waals surface area (Å²) in [4.78, 5) is 36.8. The smallest absolute Gasteiger partial charge is 0.328 e. The molecule has 0 spiro atoms. The van der Waals surface area contributed by atoms with Gasteiger partial charge in [-0.15, -0.1) is 0 Å². The van der Waals surface area contributed by atoms with Crippen LogP contribution >= 0.6 is 0 Å². The number of para-hydroxylation sites is 1. The molecule has 8 heteroatoms. The largest absolute Gasteiger partial charge is 0.478 e. The van der Waals surface area contributed by atoms with E-state index in [2.05, 4.69) is 11.1 Å². The van der Waals surface area contributed by atoms with Gasteiger partial charge in [0.1, 0.15) is 0 Å². The Morgan fingerprint density at radius 2 is 1.49 bits per heavy atom. The standard InChI is InChI=1S/C23H15N3O.C4H4O4/c24-15-17-8-4-5-11-20(17)21-14-18(22-12-6-7-13-25-22)16-26(23(21)27)19-9-2-1-3-10-19;5-3(6)1-2-4(7)8/h1-14,16H;1-2H,(H,5,6)(H,7,8)/b;2-1+. The van der Waals surface area contributed by atoms with Crippen molar-refractivity contribution in [1.82, 2.24) is 9.55 Å². The lowest BCUT2D eigenvalue weighted by Gasteiger charge is -2.13. The molecule has 2 aromatic carbocycles. The van der Waals surface area contributed by atoms with E-state index in [1.54, 1.807) is 41.2 Å². The molecule has 0 radical (unpaired) electrons. The van der Waals surface area contributed by atoms with Crippen molar-refractivity contribution in [2.45, 2.75) is 0 Å². The van der Waals surface area contributed by atoms with Gasteiger partial charge in [0.05, 0.1) is 17.3 Å². The second-order valence-electron chi connectivity index (χ2n) is 7.04. The van der Waals surface area contributed by atoms with E-state index in [1.165, 1.54) is 0 Å². The number of pyridine rings is 2. The lowest BCUT2D eigenvalue weighted by atomic mass is 9.99. The summed E-state index contributed by atoms with van der Waals surface area (Å²) in [6.45, 7) is 0. The Hall–Kier alpha value is -5.29. The molecule has 0 aliphatic carbocycles. The Labute approximate surface area is 200 Å². The highest BCUT2D eigenvalue weighted by molar-refractivity contribution is 5.89. The minimum Gasteiger partial charge on any atom is -0.478 e. The van der Waals surface area contributed by atoms with Gasteiger partial charge in [0.25, 0.3) is 5.56 Å². The Bertz CT molecular complexity index is 1450. The molecular weight excluding hydrogens is 446 g/mol. The SMILES string of the molecule is N#Cc1ccccc1-c1cc(-c2ccccn2)cn(-c2ccccc2)c1=O.O=C(O)/C=C/C(=O)O. The van der Waals surface area contributed by atoms with Crippen molar-refractivity contribution < 1.29 is 19.8 Å². The normalized spacial score (nSPS) is 10.1. The van der Waals surface area contributed by atoms with E-state index in [9.17, 15) is 19.6 Å². The van der Waals surface area contributed by atoms with Crippen molar-refractivity contribution in [3.63, 3.8) is 0 Å². The Morgan fingerprint density at radius 1 is 0.857 bits per heavy atom. The third kappa shape index (κ3) is 6.37. The maximum atomic E-state index is 13.3. The van der Waals surface area contributed by atoms with Crippen LogP contribution in [-0.2, 0) is 9.59 Å². The molecule has 0 aliphatic rings. The number of aromatic nitrogens is 2. The van der Waals surface area contributed by atoms with Crippen LogP contribution in [0.4, 0.5) is 0 Å². The summed E-state index contributed by atoms with van der Waals surface area (Å²) >= 11 is 0. The number of aliphatic carboxylic acids is 2. The number of rotatable bonds is 5. The molecule has 0 saturated heterocycles. The highest BCUT2D eigenvalue weighted by Crippen LogP contribution is 2.26. The van der Waals surface area contributed by atoms with E-state index in [-0.39, 0.29) is 5.56 Å². The molecule has 0 unspecified atom stereocenters. The maximum absolute atomic E-state index is 13.3. The minimum absolute atomic E-state index is 0.177. The molecule has 2 N–H and O–H groups in total. The van der Waals surface area contributed by atoms with Crippen LogP contribution in [0.1, 0.15) is 5.56 Å². The molecular formula is C27H19N3O5. The number of carbonyl (C=O) groups is 2. The number of nitriles is 1. The van der Waals surface area contributed by atoms with Gasteiger partial charge in [-0.2, -0.15) is 5.26 Å². The first-order valence-corrected chi connectivity index (χ1v) is 10.3. The fourth-order valence-electron chi connectivity index (χ4n) is 3.19. The molecule has 35 heavy (non-hydrogen) atoms. The molecule has 172 valence electrons. The van der Waals surface area contributed by atoms with Crippen molar-refractivity contribution >= 4 is 11.9 Å². The molecule has 4 rings (SSSR count). The van der Waals surface area contributed by atoms with E-state index >= 15 is 0 Å². The Kier molecular flexibility index (Phi) is 8.03.